The molecule has 0 spiro atoms. The molecule has 10 heteroatoms. The highest BCUT2D eigenvalue weighted by molar-refractivity contribution is 5.68. The third kappa shape index (κ3) is 3.62. The highest BCUT2D eigenvalue weighted by Crippen LogP contribution is 2.38. The molecule has 0 N–H and O–H groups in total. The smallest absolute Gasteiger partial charge is 0.410 e. The van der Waals surface area contributed by atoms with Crippen LogP contribution in [-0.4, -0.2) is 50.3 Å². The van der Waals surface area contributed by atoms with Gasteiger partial charge in [0.25, 0.3) is 5.92 Å². The van der Waals surface area contributed by atoms with Crippen molar-refractivity contribution < 1.29 is 23.2 Å². The lowest BCUT2D eigenvalue weighted by Crippen LogP contribution is -2.51. The zero-order valence-electron chi connectivity index (χ0n) is 14.0. The number of ether oxygens (including phenoxy) is 1. The van der Waals surface area contributed by atoms with E-state index < -0.39 is 35.0 Å². The number of aromatic nitrogens is 2. The van der Waals surface area contributed by atoms with Crippen LogP contribution in [-0.2, 0) is 4.74 Å². The third-order valence-electron chi connectivity index (χ3n) is 3.76. The second-order valence-corrected chi connectivity index (χ2v) is 6.77. The number of hydrogen-bond donors (Lipinski definition) is 0. The molecule has 1 aliphatic heterocycles. The molecule has 1 saturated heterocycles. The Hall–Kier alpha value is -2.26. The number of rotatable bonds is 2. The van der Waals surface area contributed by atoms with Gasteiger partial charge in [0.05, 0.1) is 11.5 Å². The quantitative estimate of drug-likeness (QED) is 0.606. The van der Waals surface area contributed by atoms with Crippen molar-refractivity contribution in [2.45, 2.75) is 51.7 Å². The summed E-state index contributed by atoms with van der Waals surface area (Å²) in [5.74, 6) is -3.14. The Balaban J connectivity index is 2.27. The van der Waals surface area contributed by atoms with Crippen molar-refractivity contribution in [3.8, 4) is 0 Å². The standard InChI is InChI=1S/C14H20F2N4O4/c1-9-10(20(22)23)7-17-19(9)11-8-18(6-5-14(11,15)16)12(21)24-13(2,3)4/h7,11H,5-6,8H2,1-4H3. The normalized spacial score (nSPS) is 20.8. The van der Waals surface area contributed by atoms with E-state index in [1.54, 1.807) is 20.8 Å². The lowest BCUT2D eigenvalue weighted by molar-refractivity contribution is -0.385. The molecule has 1 aromatic heterocycles. The first-order valence-electron chi connectivity index (χ1n) is 7.46. The lowest BCUT2D eigenvalue weighted by Gasteiger charge is -2.39. The number of hydrogen-bond acceptors (Lipinski definition) is 5. The van der Waals surface area contributed by atoms with E-state index in [0.717, 1.165) is 10.9 Å². The van der Waals surface area contributed by atoms with Crippen molar-refractivity contribution in [1.29, 1.82) is 0 Å². The molecule has 0 aliphatic carbocycles. The van der Waals surface area contributed by atoms with Crippen molar-refractivity contribution >= 4 is 11.8 Å². The highest BCUT2D eigenvalue weighted by Gasteiger charge is 2.48. The fourth-order valence-electron chi connectivity index (χ4n) is 2.54. The number of carbonyl (C=O) groups excluding carboxylic acids is 1. The molecule has 134 valence electrons. The molecule has 8 nitrogen and oxygen atoms in total. The summed E-state index contributed by atoms with van der Waals surface area (Å²) < 4.78 is 34.8. The molecule has 24 heavy (non-hydrogen) atoms. The second-order valence-electron chi connectivity index (χ2n) is 6.77. The summed E-state index contributed by atoms with van der Waals surface area (Å²) in [6.07, 6.45) is -0.315. The maximum Gasteiger partial charge on any atom is 0.410 e. The van der Waals surface area contributed by atoms with Crippen LogP contribution in [0.4, 0.5) is 19.3 Å². The molecule has 1 unspecified atom stereocenters. The predicted molar refractivity (Wildman–Crippen MR) is 80.0 cm³/mol. The van der Waals surface area contributed by atoms with Crippen LogP contribution in [0.25, 0.3) is 0 Å². The van der Waals surface area contributed by atoms with Gasteiger partial charge in [0.1, 0.15) is 23.5 Å². The number of carbonyl (C=O) groups is 1. The number of halogens is 2. The minimum Gasteiger partial charge on any atom is -0.444 e. The maximum absolute atomic E-state index is 14.3. The summed E-state index contributed by atoms with van der Waals surface area (Å²) in [6.45, 7) is 5.92. The van der Waals surface area contributed by atoms with Crippen LogP contribution in [0.15, 0.2) is 6.20 Å². The van der Waals surface area contributed by atoms with Crippen LogP contribution in [0.1, 0.15) is 38.9 Å². The average molecular weight is 346 g/mol. The first-order chi connectivity index (χ1) is 10.9. The van der Waals surface area contributed by atoms with Gasteiger partial charge in [0.2, 0.25) is 0 Å². The predicted octanol–water partition coefficient (Wildman–Crippen LogP) is 2.92. The van der Waals surface area contributed by atoms with E-state index in [9.17, 15) is 23.7 Å². The van der Waals surface area contributed by atoms with Crippen LogP contribution >= 0.6 is 0 Å². The second kappa shape index (κ2) is 5.99. The summed E-state index contributed by atoms with van der Waals surface area (Å²) in [6, 6.07) is -1.48. The van der Waals surface area contributed by atoms with Crippen molar-refractivity contribution in [2.75, 3.05) is 13.1 Å². The molecular weight excluding hydrogens is 326 g/mol. The minimum absolute atomic E-state index is 0.0238. The van der Waals surface area contributed by atoms with E-state index >= 15 is 0 Å². The molecular formula is C14H20F2N4O4. The molecule has 1 aromatic rings. The fraction of sp³-hybridized carbons (Fsp3) is 0.714. The van der Waals surface area contributed by atoms with Crippen LogP contribution < -0.4 is 0 Å². The molecule has 0 radical (unpaired) electrons. The molecule has 1 amide bonds. The Morgan fingerprint density at radius 1 is 1.50 bits per heavy atom. The first-order valence-corrected chi connectivity index (χ1v) is 7.46. The van der Waals surface area contributed by atoms with Gasteiger partial charge in [0, 0.05) is 13.0 Å². The maximum atomic E-state index is 14.3. The van der Waals surface area contributed by atoms with Crippen LogP contribution in [0.5, 0.6) is 0 Å². The van der Waals surface area contributed by atoms with Gasteiger partial charge >= 0.3 is 11.8 Å². The summed E-state index contributed by atoms with van der Waals surface area (Å²) in [7, 11) is 0. The summed E-state index contributed by atoms with van der Waals surface area (Å²) >= 11 is 0. The molecule has 0 saturated carbocycles. The molecule has 0 aromatic carbocycles. The zero-order chi connectivity index (χ0) is 18.3. The number of nitrogens with zero attached hydrogens (tertiary/aromatic N) is 4. The number of nitro groups is 1. The summed E-state index contributed by atoms with van der Waals surface area (Å²) in [5, 5.41) is 14.6. The van der Waals surface area contributed by atoms with E-state index in [-0.39, 0.29) is 24.5 Å². The van der Waals surface area contributed by atoms with Crippen LogP contribution in [0.3, 0.4) is 0 Å². The molecule has 1 aliphatic rings. The molecule has 2 heterocycles. The number of alkyl halides is 2. The van der Waals surface area contributed by atoms with E-state index in [2.05, 4.69) is 5.10 Å². The zero-order valence-corrected chi connectivity index (χ0v) is 14.0. The van der Waals surface area contributed by atoms with Gasteiger partial charge in [-0.3, -0.25) is 14.8 Å². The summed E-state index contributed by atoms with van der Waals surface area (Å²) in [4.78, 5) is 23.5. The Kier molecular flexibility index (Phi) is 4.51. The molecule has 1 atom stereocenters. The van der Waals surface area contributed by atoms with Crippen molar-refractivity contribution in [2.24, 2.45) is 0 Å². The van der Waals surface area contributed by atoms with Gasteiger partial charge in [-0.2, -0.15) is 5.10 Å². The monoisotopic (exact) mass is 346 g/mol. The van der Waals surface area contributed by atoms with E-state index in [1.165, 1.54) is 11.8 Å². The van der Waals surface area contributed by atoms with Gasteiger partial charge < -0.3 is 9.64 Å². The Morgan fingerprint density at radius 3 is 2.62 bits per heavy atom. The molecule has 1 fully saturated rings. The fourth-order valence-corrected chi connectivity index (χ4v) is 2.54. The lowest BCUT2D eigenvalue weighted by atomic mass is 10.0. The topological polar surface area (TPSA) is 90.5 Å². The minimum atomic E-state index is -3.14. The third-order valence-corrected chi connectivity index (χ3v) is 3.76. The van der Waals surface area contributed by atoms with Crippen LogP contribution in [0, 0.1) is 17.0 Å². The van der Waals surface area contributed by atoms with Gasteiger partial charge in [-0.1, -0.05) is 0 Å². The van der Waals surface area contributed by atoms with Gasteiger partial charge in [-0.25, -0.2) is 13.6 Å². The van der Waals surface area contributed by atoms with E-state index in [4.69, 9.17) is 4.74 Å². The largest absolute Gasteiger partial charge is 0.444 e. The average Bonchev–Trinajstić information content (AvgIpc) is 2.78. The molecule has 0 bridgehead atoms. The number of likely N-dealkylation sites (tertiary alicyclic amines) is 1. The van der Waals surface area contributed by atoms with Gasteiger partial charge in [0.15, 0.2) is 0 Å². The summed E-state index contributed by atoms with van der Waals surface area (Å²) in [5.41, 5.74) is -1.05. The van der Waals surface area contributed by atoms with Crippen molar-refractivity contribution in [3.05, 3.63) is 22.0 Å². The number of piperidine rings is 1. The van der Waals surface area contributed by atoms with Crippen molar-refractivity contribution in [3.63, 3.8) is 0 Å². The van der Waals surface area contributed by atoms with Gasteiger partial charge in [-0.05, 0) is 27.7 Å². The first kappa shape index (κ1) is 18.1. The Bertz CT molecular complexity index is 654. The molecule has 2 rings (SSSR count). The highest BCUT2D eigenvalue weighted by atomic mass is 19.3. The SMILES string of the molecule is Cc1c([N+](=O)[O-])cnn1C1CN(C(=O)OC(C)(C)C)CCC1(F)F. The van der Waals surface area contributed by atoms with E-state index in [0.29, 0.717) is 0 Å². The Morgan fingerprint density at radius 2 is 2.12 bits per heavy atom. The van der Waals surface area contributed by atoms with Crippen LogP contribution in [0.2, 0.25) is 0 Å². The van der Waals surface area contributed by atoms with Gasteiger partial charge in [-0.15, -0.1) is 0 Å². The number of amides is 1. The van der Waals surface area contributed by atoms with E-state index in [1.807, 2.05) is 0 Å². The Labute approximate surface area is 137 Å². The van der Waals surface area contributed by atoms with Crippen molar-refractivity contribution in [1.82, 2.24) is 14.7 Å².